The van der Waals surface area contributed by atoms with Gasteiger partial charge >= 0.3 is 18.4 Å². The fourth-order valence-corrected chi connectivity index (χ4v) is 5.26. The van der Waals surface area contributed by atoms with Crippen molar-refractivity contribution < 1.29 is 55.3 Å². The van der Waals surface area contributed by atoms with Crippen LogP contribution >= 0.6 is 0 Å². The van der Waals surface area contributed by atoms with E-state index in [0.717, 1.165) is 24.3 Å². The van der Waals surface area contributed by atoms with Crippen LogP contribution in [-0.4, -0.2) is 90.5 Å². The van der Waals surface area contributed by atoms with Gasteiger partial charge in [0.05, 0.1) is 42.4 Å². The number of likely N-dealkylation sites (N-methyl/N-ethyl adjacent to an activating group) is 1. The van der Waals surface area contributed by atoms with Crippen molar-refractivity contribution in [3.8, 4) is 5.75 Å². The number of anilines is 2. The SMILES string of the molecule is C[C@@H]1CCCCO[C@H](CN(C)C(=O)Nc2ccc(C(F)(F)F)cc2)[C@H](C)CN([C@@H](C)CO)C(=O)c2cc(NC(=O)CCC(F)(F)F)ccc2O1. The maximum atomic E-state index is 14.2. The maximum absolute atomic E-state index is 14.2. The van der Waals surface area contributed by atoms with Crippen LogP contribution in [0, 0.1) is 5.92 Å². The normalized spacial score (nSPS) is 20.2. The summed E-state index contributed by atoms with van der Waals surface area (Å²) in [5.41, 5.74) is -0.574. The molecular weight excluding hydrogens is 674 g/mol. The molecule has 2 aromatic rings. The molecule has 50 heavy (non-hydrogen) atoms. The minimum Gasteiger partial charge on any atom is -0.490 e. The van der Waals surface area contributed by atoms with Gasteiger partial charge in [0.2, 0.25) is 5.91 Å². The van der Waals surface area contributed by atoms with E-state index in [0.29, 0.717) is 25.9 Å². The van der Waals surface area contributed by atoms with E-state index >= 15 is 0 Å². The number of alkyl halides is 6. The molecule has 0 bridgehead atoms. The van der Waals surface area contributed by atoms with Gasteiger partial charge in [-0.25, -0.2) is 4.79 Å². The quantitative estimate of drug-likeness (QED) is 0.255. The highest BCUT2D eigenvalue weighted by atomic mass is 19.4. The smallest absolute Gasteiger partial charge is 0.416 e. The molecule has 0 fully saturated rings. The molecule has 3 rings (SSSR count). The van der Waals surface area contributed by atoms with Crippen LogP contribution in [0.4, 0.5) is 42.5 Å². The summed E-state index contributed by atoms with van der Waals surface area (Å²) < 4.78 is 89.2. The summed E-state index contributed by atoms with van der Waals surface area (Å²) in [6.07, 6.45) is -10.2. The van der Waals surface area contributed by atoms with E-state index < -0.39 is 73.3 Å². The second-order valence-corrected chi connectivity index (χ2v) is 12.6. The Hall–Kier alpha value is -4.05. The molecule has 278 valence electrons. The maximum Gasteiger partial charge on any atom is 0.416 e. The number of benzene rings is 2. The number of hydrogen-bond donors (Lipinski definition) is 3. The van der Waals surface area contributed by atoms with Crippen LogP contribution in [0.25, 0.3) is 0 Å². The summed E-state index contributed by atoms with van der Waals surface area (Å²) in [6.45, 7) is 5.24. The van der Waals surface area contributed by atoms with Gasteiger partial charge in [-0.2, -0.15) is 26.3 Å². The third-order valence-corrected chi connectivity index (χ3v) is 8.23. The van der Waals surface area contributed by atoms with Gasteiger partial charge in [-0.15, -0.1) is 0 Å². The number of halogens is 6. The summed E-state index contributed by atoms with van der Waals surface area (Å²) in [5, 5.41) is 15.1. The van der Waals surface area contributed by atoms with Gasteiger partial charge < -0.3 is 35.0 Å². The van der Waals surface area contributed by atoms with Gasteiger partial charge in [-0.1, -0.05) is 6.92 Å². The number of aliphatic hydroxyl groups excluding tert-OH is 1. The molecule has 10 nitrogen and oxygen atoms in total. The number of urea groups is 1. The van der Waals surface area contributed by atoms with Crippen molar-refractivity contribution in [2.75, 3.05) is 44.0 Å². The number of nitrogens with one attached hydrogen (secondary N) is 2. The molecule has 0 saturated heterocycles. The van der Waals surface area contributed by atoms with Crippen LogP contribution in [0.3, 0.4) is 0 Å². The standard InChI is InChI=1S/C34H44F6N4O6/c1-21-18-44(22(2)20-45)31(47)27-17-26(41-30(46)14-15-33(35,36)37)12-13-28(27)50-23(3)7-5-6-16-49-29(21)19-43(4)32(48)42-25-10-8-24(9-11-25)34(38,39)40/h8-13,17,21-23,29,45H,5-7,14-16,18-20H2,1-4H3,(H,41,46)(H,42,48)/t21-,22+,23-,29-/m1/s1. The number of rotatable bonds is 8. The van der Waals surface area contributed by atoms with Crippen molar-refractivity contribution in [1.29, 1.82) is 0 Å². The molecule has 1 heterocycles. The lowest BCUT2D eigenvalue weighted by molar-refractivity contribution is -0.142. The first-order chi connectivity index (χ1) is 23.4. The minimum atomic E-state index is -4.52. The summed E-state index contributed by atoms with van der Waals surface area (Å²) >= 11 is 0. The zero-order valence-electron chi connectivity index (χ0n) is 28.4. The fourth-order valence-electron chi connectivity index (χ4n) is 5.26. The van der Waals surface area contributed by atoms with Crippen molar-refractivity contribution in [3.05, 3.63) is 53.6 Å². The number of hydrogen-bond acceptors (Lipinski definition) is 6. The summed E-state index contributed by atoms with van der Waals surface area (Å²) in [7, 11) is 1.50. The number of nitrogens with zero attached hydrogens (tertiary/aromatic N) is 2. The largest absolute Gasteiger partial charge is 0.490 e. The Bertz CT molecular complexity index is 1440. The zero-order valence-corrected chi connectivity index (χ0v) is 28.4. The Morgan fingerprint density at radius 1 is 1.02 bits per heavy atom. The Morgan fingerprint density at radius 3 is 2.30 bits per heavy atom. The number of amides is 4. The first-order valence-electron chi connectivity index (χ1n) is 16.3. The molecular formula is C34H44F6N4O6. The van der Waals surface area contributed by atoms with Crippen LogP contribution in [0.15, 0.2) is 42.5 Å². The van der Waals surface area contributed by atoms with Crippen molar-refractivity contribution >= 4 is 29.2 Å². The van der Waals surface area contributed by atoms with Gasteiger partial charge in [0.15, 0.2) is 0 Å². The van der Waals surface area contributed by atoms with Crippen LogP contribution in [0.5, 0.6) is 5.75 Å². The number of carbonyl (C=O) groups is 3. The molecule has 0 spiro atoms. The molecule has 0 radical (unpaired) electrons. The number of ether oxygens (including phenoxy) is 2. The van der Waals surface area contributed by atoms with Crippen LogP contribution in [0.1, 0.15) is 68.8 Å². The monoisotopic (exact) mass is 718 g/mol. The van der Waals surface area contributed by atoms with Crippen molar-refractivity contribution in [2.24, 2.45) is 5.92 Å². The average molecular weight is 719 g/mol. The molecule has 0 aromatic heterocycles. The molecule has 0 saturated carbocycles. The Kier molecular flexibility index (Phi) is 14.3. The highest BCUT2D eigenvalue weighted by Gasteiger charge is 2.33. The highest BCUT2D eigenvalue weighted by Crippen LogP contribution is 2.31. The van der Waals surface area contributed by atoms with Crippen molar-refractivity contribution in [2.45, 2.75) is 83.5 Å². The lowest BCUT2D eigenvalue weighted by atomic mass is 10.0. The van der Waals surface area contributed by atoms with E-state index in [1.54, 1.807) is 13.8 Å². The van der Waals surface area contributed by atoms with Gasteiger partial charge in [0.1, 0.15) is 5.75 Å². The van der Waals surface area contributed by atoms with E-state index in [9.17, 15) is 45.8 Å². The van der Waals surface area contributed by atoms with Gasteiger partial charge in [0, 0.05) is 50.5 Å². The second kappa shape index (κ2) is 17.7. The number of carbonyl (C=O) groups excluding carboxylic acids is 3. The van der Waals surface area contributed by atoms with Gasteiger partial charge in [0.25, 0.3) is 5.91 Å². The zero-order chi connectivity index (χ0) is 37.2. The fraction of sp³-hybridized carbons (Fsp3) is 0.559. The predicted molar refractivity (Wildman–Crippen MR) is 174 cm³/mol. The second-order valence-electron chi connectivity index (χ2n) is 12.6. The summed E-state index contributed by atoms with van der Waals surface area (Å²) in [6, 6.07) is 6.95. The minimum absolute atomic E-state index is 0.0283. The van der Waals surface area contributed by atoms with Crippen molar-refractivity contribution in [1.82, 2.24) is 9.80 Å². The summed E-state index contributed by atoms with van der Waals surface area (Å²) in [4.78, 5) is 42.2. The van der Waals surface area contributed by atoms with E-state index in [-0.39, 0.29) is 41.9 Å². The molecule has 0 unspecified atom stereocenters. The van der Waals surface area contributed by atoms with E-state index in [4.69, 9.17) is 9.47 Å². The summed E-state index contributed by atoms with van der Waals surface area (Å²) in [5.74, 6) is -1.68. The molecule has 3 N–H and O–H groups in total. The molecule has 4 atom stereocenters. The highest BCUT2D eigenvalue weighted by molar-refractivity contribution is 5.99. The number of aliphatic hydroxyl groups is 1. The Balaban J connectivity index is 1.85. The Morgan fingerprint density at radius 2 is 1.68 bits per heavy atom. The number of fused-ring (bicyclic) bond motifs is 1. The third kappa shape index (κ3) is 12.4. The van der Waals surface area contributed by atoms with E-state index in [1.165, 1.54) is 35.0 Å². The lowest BCUT2D eigenvalue weighted by Crippen LogP contribution is -2.48. The average Bonchev–Trinajstić information content (AvgIpc) is 3.04. The van der Waals surface area contributed by atoms with Gasteiger partial charge in [-0.05, 0) is 75.6 Å². The first-order valence-corrected chi connectivity index (χ1v) is 16.3. The topological polar surface area (TPSA) is 120 Å². The lowest BCUT2D eigenvalue weighted by Gasteiger charge is -2.35. The molecule has 1 aliphatic rings. The van der Waals surface area contributed by atoms with E-state index in [1.807, 2.05) is 6.92 Å². The van der Waals surface area contributed by atoms with Crippen molar-refractivity contribution in [3.63, 3.8) is 0 Å². The first kappa shape index (κ1) is 40.4. The van der Waals surface area contributed by atoms with Crippen LogP contribution in [-0.2, 0) is 15.7 Å². The van der Waals surface area contributed by atoms with Crippen LogP contribution in [0.2, 0.25) is 0 Å². The molecule has 0 aliphatic carbocycles. The third-order valence-electron chi connectivity index (χ3n) is 8.23. The molecule has 1 aliphatic heterocycles. The van der Waals surface area contributed by atoms with Crippen LogP contribution < -0.4 is 15.4 Å². The Labute approximate surface area is 287 Å². The molecule has 4 amide bonds. The predicted octanol–water partition coefficient (Wildman–Crippen LogP) is 6.95. The van der Waals surface area contributed by atoms with Gasteiger partial charge in [-0.3, -0.25) is 9.59 Å². The molecule has 16 heteroatoms. The van der Waals surface area contributed by atoms with E-state index in [2.05, 4.69) is 10.6 Å². The molecule has 2 aromatic carbocycles.